The first kappa shape index (κ1) is 17.3. The molecule has 0 spiro atoms. The van der Waals surface area contributed by atoms with E-state index in [1.54, 1.807) is 0 Å². The van der Waals surface area contributed by atoms with Gasteiger partial charge >= 0.3 is 0 Å². The van der Waals surface area contributed by atoms with Gasteiger partial charge in [-0.2, -0.15) is 4.68 Å². The van der Waals surface area contributed by atoms with Crippen LogP contribution < -0.4 is 0 Å². The van der Waals surface area contributed by atoms with Crippen LogP contribution in [0.3, 0.4) is 0 Å². The summed E-state index contributed by atoms with van der Waals surface area (Å²) in [4.78, 5) is 22.9. The summed E-state index contributed by atoms with van der Waals surface area (Å²) in [5.41, 5.74) is 4.34. The van der Waals surface area contributed by atoms with Crippen LogP contribution in [0.25, 0.3) is 5.95 Å². The first-order valence-corrected chi connectivity index (χ1v) is 8.74. The fraction of sp³-hybridized carbons (Fsp3) is 0.316. The zero-order chi connectivity index (χ0) is 19.1. The average Bonchev–Trinajstić information content (AvgIpc) is 3.06. The minimum atomic E-state index is -0.508. The van der Waals surface area contributed by atoms with Crippen molar-refractivity contribution in [3.63, 3.8) is 0 Å². The predicted octanol–water partition coefficient (Wildman–Crippen LogP) is 2.40. The normalized spacial score (nSPS) is 16.3. The van der Waals surface area contributed by atoms with E-state index in [4.69, 9.17) is 0 Å². The van der Waals surface area contributed by atoms with Gasteiger partial charge in [0, 0.05) is 18.0 Å². The van der Waals surface area contributed by atoms with Crippen molar-refractivity contribution in [3.05, 3.63) is 64.5 Å². The number of carbonyl (C=O) groups is 1. The number of hydrogen-bond acceptors (Lipinski definition) is 5. The van der Waals surface area contributed by atoms with E-state index < -0.39 is 5.82 Å². The van der Waals surface area contributed by atoms with Crippen molar-refractivity contribution in [2.75, 3.05) is 0 Å². The first-order chi connectivity index (χ1) is 13.0. The molecule has 1 amide bonds. The van der Waals surface area contributed by atoms with Gasteiger partial charge in [0.05, 0.1) is 24.6 Å². The average molecular weight is 366 g/mol. The van der Waals surface area contributed by atoms with E-state index in [-0.39, 0.29) is 17.9 Å². The summed E-state index contributed by atoms with van der Waals surface area (Å²) >= 11 is 0. The molecule has 1 aliphatic rings. The maximum atomic E-state index is 13.1. The SMILES string of the molecule is Cc1cccc(C(=O)N2Cc3nnn(-c4ncc(F)cn4)c3C[C@@H]2C)c1C. The minimum absolute atomic E-state index is 0.0121. The summed E-state index contributed by atoms with van der Waals surface area (Å²) in [6, 6.07) is 5.72. The van der Waals surface area contributed by atoms with Crippen molar-refractivity contribution < 1.29 is 9.18 Å². The summed E-state index contributed by atoms with van der Waals surface area (Å²) in [7, 11) is 0. The molecular weight excluding hydrogens is 347 g/mol. The van der Waals surface area contributed by atoms with Crippen LogP contribution in [0.4, 0.5) is 4.39 Å². The summed E-state index contributed by atoms with van der Waals surface area (Å²) < 4.78 is 14.6. The van der Waals surface area contributed by atoms with E-state index >= 15 is 0 Å². The van der Waals surface area contributed by atoms with Crippen LogP contribution in [0, 0.1) is 19.7 Å². The molecule has 0 bridgehead atoms. The van der Waals surface area contributed by atoms with E-state index in [1.165, 1.54) is 4.68 Å². The van der Waals surface area contributed by atoms with Gasteiger partial charge in [0.15, 0.2) is 5.82 Å². The van der Waals surface area contributed by atoms with Gasteiger partial charge in [-0.1, -0.05) is 17.3 Å². The smallest absolute Gasteiger partial charge is 0.254 e. The largest absolute Gasteiger partial charge is 0.329 e. The molecule has 1 aromatic carbocycles. The lowest BCUT2D eigenvalue weighted by Gasteiger charge is -2.33. The van der Waals surface area contributed by atoms with Crippen LogP contribution in [0.5, 0.6) is 0 Å². The van der Waals surface area contributed by atoms with E-state index in [1.807, 2.05) is 43.9 Å². The molecule has 4 rings (SSSR count). The predicted molar refractivity (Wildman–Crippen MR) is 95.9 cm³/mol. The highest BCUT2D eigenvalue weighted by atomic mass is 19.1. The molecule has 2 aromatic heterocycles. The molecule has 138 valence electrons. The van der Waals surface area contributed by atoms with Gasteiger partial charge in [0.1, 0.15) is 5.69 Å². The highest BCUT2D eigenvalue weighted by Gasteiger charge is 2.32. The van der Waals surface area contributed by atoms with Gasteiger partial charge < -0.3 is 4.90 Å². The van der Waals surface area contributed by atoms with Crippen LogP contribution in [0.1, 0.15) is 39.8 Å². The Morgan fingerprint density at radius 2 is 1.96 bits per heavy atom. The van der Waals surface area contributed by atoms with Crippen LogP contribution >= 0.6 is 0 Å². The number of nitrogens with zero attached hydrogens (tertiary/aromatic N) is 6. The molecule has 3 aromatic rings. The highest BCUT2D eigenvalue weighted by Crippen LogP contribution is 2.25. The topological polar surface area (TPSA) is 76.8 Å². The molecule has 0 unspecified atom stereocenters. The maximum absolute atomic E-state index is 13.1. The molecule has 0 fully saturated rings. The molecule has 0 aliphatic carbocycles. The van der Waals surface area contributed by atoms with E-state index in [2.05, 4.69) is 20.3 Å². The van der Waals surface area contributed by atoms with Crippen LogP contribution in [0.15, 0.2) is 30.6 Å². The number of hydrogen-bond donors (Lipinski definition) is 0. The third-order valence-corrected chi connectivity index (χ3v) is 5.08. The number of amides is 1. The van der Waals surface area contributed by atoms with Gasteiger partial charge in [-0.25, -0.2) is 14.4 Å². The number of fused-ring (bicyclic) bond motifs is 1. The number of benzene rings is 1. The fourth-order valence-corrected chi connectivity index (χ4v) is 3.35. The van der Waals surface area contributed by atoms with Gasteiger partial charge in [-0.15, -0.1) is 5.10 Å². The molecule has 1 aliphatic heterocycles. The van der Waals surface area contributed by atoms with E-state index in [0.29, 0.717) is 24.2 Å². The van der Waals surface area contributed by atoms with Crippen LogP contribution in [0.2, 0.25) is 0 Å². The zero-order valence-corrected chi connectivity index (χ0v) is 15.3. The Morgan fingerprint density at radius 1 is 1.22 bits per heavy atom. The molecule has 1 atom stereocenters. The molecule has 8 heteroatoms. The van der Waals surface area contributed by atoms with Crippen molar-refractivity contribution in [3.8, 4) is 5.95 Å². The van der Waals surface area contributed by atoms with Crippen molar-refractivity contribution in [1.29, 1.82) is 0 Å². The molecule has 0 saturated heterocycles. The van der Waals surface area contributed by atoms with Crippen molar-refractivity contribution in [1.82, 2.24) is 29.9 Å². The maximum Gasteiger partial charge on any atom is 0.254 e. The fourth-order valence-electron chi connectivity index (χ4n) is 3.35. The van der Waals surface area contributed by atoms with Gasteiger partial charge in [-0.3, -0.25) is 4.79 Å². The van der Waals surface area contributed by atoms with Crippen LogP contribution in [-0.2, 0) is 13.0 Å². The lowest BCUT2D eigenvalue weighted by Crippen LogP contribution is -2.43. The Bertz CT molecular complexity index is 1010. The molecule has 0 radical (unpaired) electrons. The zero-order valence-electron chi connectivity index (χ0n) is 15.3. The lowest BCUT2D eigenvalue weighted by molar-refractivity contribution is 0.0652. The third-order valence-electron chi connectivity index (χ3n) is 5.08. The summed E-state index contributed by atoms with van der Waals surface area (Å²) in [5, 5.41) is 8.31. The monoisotopic (exact) mass is 366 g/mol. The molecule has 0 N–H and O–H groups in total. The molecule has 27 heavy (non-hydrogen) atoms. The molecule has 7 nitrogen and oxygen atoms in total. The summed E-state index contributed by atoms with van der Waals surface area (Å²) in [6.07, 6.45) is 2.76. The highest BCUT2D eigenvalue weighted by molar-refractivity contribution is 5.96. The number of carbonyl (C=O) groups excluding carboxylic acids is 1. The van der Waals surface area contributed by atoms with E-state index in [0.717, 1.165) is 29.2 Å². The lowest BCUT2D eigenvalue weighted by atomic mass is 9.99. The van der Waals surface area contributed by atoms with Gasteiger partial charge in [-0.05, 0) is 38.0 Å². The molecule has 0 saturated carbocycles. The van der Waals surface area contributed by atoms with Crippen molar-refractivity contribution >= 4 is 5.91 Å². The van der Waals surface area contributed by atoms with Crippen LogP contribution in [-0.4, -0.2) is 41.8 Å². The number of aromatic nitrogens is 5. The second kappa shape index (κ2) is 6.53. The summed E-state index contributed by atoms with van der Waals surface area (Å²) in [6.45, 7) is 6.32. The van der Waals surface area contributed by atoms with Gasteiger partial charge in [0.2, 0.25) is 0 Å². The van der Waals surface area contributed by atoms with Crippen molar-refractivity contribution in [2.45, 2.75) is 39.8 Å². The van der Waals surface area contributed by atoms with Gasteiger partial charge in [0.25, 0.3) is 11.9 Å². The molecule has 3 heterocycles. The Hall–Kier alpha value is -3.16. The Balaban J connectivity index is 1.65. The number of aryl methyl sites for hydroxylation is 1. The quantitative estimate of drug-likeness (QED) is 0.696. The molecular formula is C19H19FN6O. The second-order valence-electron chi connectivity index (χ2n) is 6.83. The number of rotatable bonds is 2. The Kier molecular flexibility index (Phi) is 4.18. The van der Waals surface area contributed by atoms with Crippen molar-refractivity contribution in [2.24, 2.45) is 0 Å². The third kappa shape index (κ3) is 2.97. The Labute approximate surface area is 155 Å². The summed E-state index contributed by atoms with van der Waals surface area (Å²) in [5.74, 6) is -0.250. The Morgan fingerprint density at radius 3 is 2.70 bits per heavy atom. The number of halogens is 1. The standard InChI is InChI=1S/C19H19FN6O/c1-11-5-4-6-15(13(11)3)18(27)25-10-16-17(7-12(25)2)26(24-23-16)19-21-8-14(20)9-22-19/h4-6,8-9,12H,7,10H2,1-3H3/t12-/m0/s1. The first-order valence-electron chi connectivity index (χ1n) is 8.74. The minimum Gasteiger partial charge on any atom is -0.329 e. The van der Waals surface area contributed by atoms with E-state index in [9.17, 15) is 9.18 Å². The second-order valence-corrected chi connectivity index (χ2v) is 6.83.